The predicted molar refractivity (Wildman–Crippen MR) is 78.5 cm³/mol. The van der Waals surface area contributed by atoms with Crippen molar-refractivity contribution in [3.63, 3.8) is 0 Å². The highest BCUT2D eigenvalue weighted by Gasteiger charge is 2.25. The van der Waals surface area contributed by atoms with Gasteiger partial charge in [0.25, 0.3) is 0 Å². The van der Waals surface area contributed by atoms with Crippen molar-refractivity contribution >= 4 is 11.8 Å². The average Bonchev–Trinajstić information content (AvgIpc) is 2.95. The van der Waals surface area contributed by atoms with Crippen LogP contribution in [0.4, 0.5) is 0 Å². The van der Waals surface area contributed by atoms with E-state index in [0.717, 1.165) is 11.4 Å². The van der Waals surface area contributed by atoms with Gasteiger partial charge in [0.2, 0.25) is 11.8 Å². The molecule has 0 aromatic carbocycles. The van der Waals surface area contributed by atoms with E-state index in [1.807, 2.05) is 13.8 Å². The highest BCUT2D eigenvalue weighted by Crippen LogP contribution is 2.11. The van der Waals surface area contributed by atoms with Crippen molar-refractivity contribution in [1.82, 2.24) is 25.5 Å². The van der Waals surface area contributed by atoms with E-state index in [1.165, 1.54) is 0 Å². The van der Waals surface area contributed by atoms with Gasteiger partial charge in [0.1, 0.15) is 0 Å². The van der Waals surface area contributed by atoms with Crippen molar-refractivity contribution in [3.8, 4) is 0 Å². The Morgan fingerprint density at radius 2 is 2.19 bits per heavy atom. The number of nitrogens with zero attached hydrogens (tertiary/aromatic N) is 2. The first-order chi connectivity index (χ1) is 10.2. The molecule has 2 amide bonds. The Kier molecular flexibility index (Phi) is 5.32. The summed E-state index contributed by atoms with van der Waals surface area (Å²) in [5.41, 5.74) is 1.98. The summed E-state index contributed by atoms with van der Waals surface area (Å²) in [6, 6.07) is -0.274. The van der Waals surface area contributed by atoms with Gasteiger partial charge in [-0.25, -0.2) is 4.98 Å². The minimum absolute atomic E-state index is 0.0732. The number of rotatable bonds is 6. The molecule has 0 saturated carbocycles. The molecule has 7 heteroatoms. The van der Waals surface area contributed by atoms with Gasteiger partial charge in [-0.05, 0) is 13.8 Å². The minimum atomic E-state index is -0.274. The van der Waals surface area contributed by atoms with Crippen molar-refractivity contribution in [2.24, 2.45) is 0 Å². The van der Waals surface area contributed by atoms with E-state index in [1.54, 1.807) is 11.2 Å². The first kappa shape index (κ1) is 15.5. The monoisotopic (exact) mass is 293 g/mol. The molecule has 1 aliphatic heterocycles. The number of nitrogens with one attached hydrogen (secondary N) is 3. The van der Waals surface area contributed by atoms with Crippen molar-refractivity contribution < 1.29 is 9.59 Å². The van der Waals surface area contributed by atoms with Crippen molar-refractivity contribution in [1.29, 1.82) is 0 Å². The molecule has 1 unspecified atom stereocenters. The van der Waals surface area contributed by atoms with E-state index in [-0.39, 0.29) is 17.9 Å². The zero-order valence-corrected chi connectivity index (χ0v) is 12.6. The third kappa shape index (κ3) is 3.81. The van der Waals surface area contributed by atoms with E-state index < -0.39 is 0 Å². The summed E-state index contributed by atoms with van der Waals surface area (Å²) in [6.45, 7) is 6.30. The number of imidazole rings is 1. The summed E-state index contributed by atoms with van der Waals surface area (Å²) < 4.78 is 0. The minimum Gasteiger partial charge on any atom is -0.354 e. The van der Waals surface area contributed by atoms with Gasteiger partial charge in [-0.1, -0.05) is 0 Å². The molecule has 1 aromatic heterocycles. The highest BCUT2D eigenvalue weighted by atomic mass is 16.2. The van der Waals surface area contributed by atoms with Crippen LogP contribution in [0.5, 0.6) is 0 Å². The van der Waals surface area contributed by atoms with Gasteiger partial charge in [0.15, 0.2) is 0 Å². The molecule has 7 nitrogen and oxygen atoms in total. The molecule has 1 aliphatic rings. The number of carbonyl (C=O) groups is 2. The second-order valence-electron chi connectivity index (χ2n) is 5.07. The number of hydrogen-bond donors (Lipinski definition) is 3. The van der Waals surface area contributed by atoms with Gasteiger partial charge in [-0.2, -0.15) is 0 Å². The number of carbonyl (C=O) groups excluding carboxylic acids is 2. The molecule has 0 aliphatic carbocycles. The average molecular weight is 293 g/mol. The maximum absolute atomic E-state index is 12.1. The molecule has 21 heavy (non-hydrogen) atoms. The summed E-state index contributed by atoms with van der Waals surface area (Å²) in [6.07, 6.45) is 2.57. The number of H-pyrrole nitrogens is 1. The number of amides is 2. The standard InChI is InChI=1S/C14H23N5O2/c1-3-19(4-2)13(20)5-6-15-14(21)11-7-10-12(8-16-11)18-9-17-10/h9,11,16H,3-8H2,1-2H3,(H,15,21)(H,17,18). The molecule has 0 bridgehead atoms. The van der Waals surface area contributed by atoms with Gasteiger partial charge < -0.3 is 15.2 Å². The molecule has 1 atom stereocenters. The summed E-state index contributed by atoms with van der Waals surface area (Å²) in [7, 11) is 0. The van der Waals surface area contributed by atoms with E-state index in [4.69, 9.17) is 0 Å². The lowest BCUT2D eigenvalue weighted by molar-refractivity contribution is -0.130. The van der Waals surface area contributed by atoms with Gasteiger partial charge >= 0.3 is 0 Å². The fraction of sp³-hybridized carbons (Fsp3) is 0.643. The Bertz CT molecular complexity index is 495. The smallest absolute Gasteiger partial charge is 0.237 e. The maximum Gasteiger partial charge on any atom is 0.237 e. The Hall–Kier alpha value is -1.89. The maximum atomic E-state index is 12.1. The van der Waals surface area contributed by atoms with Gasteiger partial charge in [-0.3, -0.25) is 14.9 Å². The first-order valence-corrected chi connectivity index (χ1v) is 7.45. The van der Waals surface area contributed by atoms with Crippen LogP contribution in [0.25, 0.3) is 0 Å². The molecule has 1 aromatic rings. The molecular formula is C14H23N5O2. The molecule has 0 fully saturated rings. The fourth-order valence-corrected chi connectivity index (χ4v) is 2.50. The largest absolute Gasteiger partial charge is 0.354 e. The number of aromatic amines is 1. The molecule has 0 radical (unpaired) electrons. The SMILES string of the molecule is CCN(CC)C(=O)CCNC(=O)C1Cc2nc[nH]c2CN1. The summed E-state index contributed by atoms with van der Waals surface area (Å²) >= 11 is 0. The number of hydrogen-bond acceptors (Lipinski definition) is 4. The summed E-state index contributed by atoms with van der Waals surface area (Å²) in [5.74, 6) is 0.00230. The van der Waals surface area contributed by atoms with Crippen LogP contribution in [0.3, 0.4) is 0 Å². The second-order valence-corrected chi connectivity index (χ2v) is 5.07. The molecule has 0 saturated heterocycles. The highest BCUT2D eigenvalue weighted by molar-refractivity contribution is 5.83. The predicted octanol–water partition coefficient (Wildman–Crippen LogP) is -0.201. The summed E-state index contributed by atoms with van der Waals surface area (Å²) in [4.78, 5) is 32.9. The van der Waals surface area contributed by atoms with Crippen molar-refractivity contribution in [3.05, 3.63) is 17.7 Å². The first-order valence-electron chi connectivity index (χ1n) is 7.45. The summed E-state index contributed by atoms with van der Waals surface area (Å²) in [5, 5.41) is 5.99. The van der Waals surface area contributed by atoms with Crippen LogP contribution in [0, 0.1) is 0 Å². The quantitative estimate of drug-likeness (QED) is 0.677. The van der Waals surface area contributed by atoms with Crippen LogP contribution in [-0.2, 0) is 22.6 Å². The molecule has 116 valence electrons. The Labute approximate surface area is 124 Å². The lowest BCUT2D eigenvalue weighted by Crippen LogP contribution is -2.48. The van der Waals surface area contributed by atoms with Gasteiger partial charge in [0, 0.05) is 39.0 Å². The van der Waals surface area contributed by atoms with Crippen LogP contribution in [0.15, 0.2) is 6.33 Å². The fourth-order valence-electron chi connectivity index (χ4n) is 2.50. The van der Waals surface area contributed by atoms with Crippen LogP contribution < -0.4 is 10.6 Å². The van der Waals surface area contributed by atoms with E-state index in [9.17, 15) is 9.59 Å². The van der Waals surface area contributed by atoms with E-state index in [2.05, 4.69) is 20.6 Å². The zero-order chi connectivity index (χ0) is 15.2. The van der Waals surface area contributed by atoms with Crippen LogP contribution in [0.1, 0.15) is 31.7 Å². The number of aromatic nitrogens is 2. The molecule has 0 spiro atoms. The normalized spacial score (nSPS) is 17.1. The Balaban J connectivity index is 1.74. The number of fused-ring (bicyclic) bond motifs is 1. The topological polar surface area (TPSA) is 90.1 Å². The van der Waals surface area contributed by atoms with Gasteiger partial charge in [-0.15, -0.1) is 0 Å². The van der Waals surface area contributed by atoms with E-state index in [0.29, 0.717) is 39.0 Å². The lowest BCUT2D eigenvalue weighted by atomic mass is 10.0. The molecular weight excluding hydrogens is 270 g/mol. The third-order valence-corrected chi connectivity index (χ3v) is 3.80. The van der Waals surface area contributed by atoms with Crippen molar-refractivity contribution in [2.45, 2.75) is 39.3 Å². The van der Waals surface area contributed by atoms with Crippen LogP contribution in [0.2, 0.25) is 0 Å². The van der Waals surface area contributed by atoms with Crippen molar-refractivity contribution in [2.75, 3.05) is 19.6 Å². The second kappa shape index (κ2) is 7.21. The Morgan fingerprint density at radius 3 is 2.90 bits per heavy atom. The Morgan fingerprint density at radius 1 is 1.43 bits per heavy atom. The lowest BCUT2D eigenvalue weighted by Gasteiger charge is -2.23. The molecule has 3 N–H and O–H groups in total. The zero-order valence-electron chi connectivity index (χ0n) is 12.6. The van der Waals surface area contributed by atoms with Gasteiger partial charge in [0.05, 0.1) is 23.8 Å². The van der Waals surface area contributed by atoms with E-state index >= 15 is 0 Å². The molecule has 2 heterocycles. The van der Waals surface area contributed by atoms with Crippen LogP contribution in [-0.4, -0.2) is 52.4 Å². The molecule has 2 rings (SSSR count). The van der Waals surface area contributed by atoms with Crippen LogP contribution >= 0.6 is 0 Å². The third-order valence-electron chi connectivity index (χ3n) is 3.80.